The molecule has 0 aromatic heterocycles. The number of carbonyl (C=O) groups excluding carboxylic acids is 2. The molecule has 1 saturated heterocycles. The third-order valence-electron chi connectivity index (χ3n) is 5.64. The van der Waals surface area contributed by atoms with Crippen molar-refractivity contribution in [3.63, 3.8) is 0 Å². The van der Waals surface area contributed by atoms with Crippen molar-refractivity contribution in [3.05, 3.63) is 53.1 Å². The van der Waals surface area contributed by atoms with Gasteiger partial charge in [0.2, 0.25) is 0 Å². The van der Waals surface area contributed by atoms with Gasteiger partial charge in [-0.3, -0.25) is 4.79 Å². The third-order valence-corrected chi connectivity index (χ3v) is 5.89. The first-order valence-corrected chi connectivity index (χ1v) is 10.9. The van der Waals surface area contributed by atoms with Crippen molar-refractivity contribution in [2.24, 2.45) is 5.92 Å². The summed E-state index contributed by atoms with van der Waals surface area (Å²) in [5.41, 5.74) is 2.77. The van der Waals surface area contributed by atoms with Gasteiger partial charge in [-0.2, -0.15) is 0 Å². The van der Waals surface area contributed by atoms with E-state index in [0.717, 1.165) is 44.5 Å². The Morgan fingerprint density at radius 2 is 1.57 bits per heavy atom. The van der Waals surface area contributed by atoms with Gasteiger partial charge in [-0.1, -0.05) is 18.5 Å². The maximum atomic E-state index is 12.9. The second-order valence-corrected chi connectivity index (χ2v) is 8.67. The van der Waals surface area contributed by atoms with E-state index in [1.54, 1.807) is 30.3 Å². The highest BCUT2D eigenvalue weighted by Gasteiger charge is 2.27. The number of piperidine rings is 1. The zero-order valence-corrected chi connectivity index (χ0v) is 17.8. The topological polar surface area (TPSA) is 73.5 Å². The van der Waals surface area contributed by atoms with Gasteiger partial charge in [0.25, 0.3) is 5.91 Å². The Bertz CT molecular complexity index is 919. The minimum atomic E-state index is -0.370. The minimum absolute atomic E-state index is 0.0760. The van der Waals surface area contributed by atoms with Gasteiger partial charge in [0.1, 0.15) is 0 Å². The van der Waals surface area contributed by atoms with Crippen LogP contribution in [0, 0.1) is 5.92 Å². The first kappa shape index (κ1) is 20.5. The number of urea groups is 1. The fourth-order valence-electron chi connectivity index (χ4n) is 3.64. The molecule has 1 aliphatic carbocycles. The summed E-state index contributed by atoms with van der Waals surface area (Å²) in [6, 6.07) is 12.4. The lowest BCUT2D eigenvalue weighted by Gasteiger charge is -2.33. The third kappa shape index (κ3) is 5.25. The summed E-state index contributed by atoms with van der Waals surface area (Å²) in [5, 5.41) is 9.28. The first-order valence-electron chi connectivity index (χ1n) is 10.5. The minimum Gasteiger partial charge on any atom is -0.371 e. The number of amides is 3. The molecule has 7 heteroatoms. The molecule has 6 nitrogen and oxygen atoms in total. The van der Waals surface area contributed by atoms with Crippen molar-refractivity contribution in [2.45, 2.75) is 38.6 Å². The standard InChI is InChI=1S/C23H27ClN4O2/c1-15-10-12-28(13-11-15)21-9-8-19(14-20(21)22(29)25-17-6-7-17)27-23(30)26-18-4-2-16(24)3-5-18/h2-5,8-9,14-15,17H,6-7,10-13H2,1H3,(H,25,29)(H2,26,27,30). The number of halogens is 1. The average Bonchev–Trinajstić information content (AvgIpc) is 3.54. The molecule has 1 heterocycles. The van der Waals surface area contributed by atoms with Gasteiger partial charge >= 0.3 is 6.03 Å². The Balaban J connectivity index is 1.50. The lowest BCUT2D eigenvalue weighted by molar-refractivity contribution is 0.0951. The fraction of sp³-hybridized carbons (Fsp3) is 0.391. The van der Waals surface area contributed by atoms with Crippen molar-refractivity contribution in [1.29, 1.82) is 0 Å². The van der Waals surface area contributed by atoms with Crippen LogP contribution < -0.4 is 20.9 Å². The SMILES string of the molecule is CC1CCN(c2ccc(NC(=O)Nc3ccc(Cl)cc3)cc2C(=O)NC2CC2)CC1. The van der Waals surface area contributed by atoms with Crippen LogP contribution in [0.3, 0.4) is 0 Å². The van der Waals surface area contributed by atoms with Crippen LogP contribution in [0.4, 0.5) is 21.9 Å². The van der Waals surface area contributed by atoms with Crippen molar-refractivity contribution in [1.82, 2.24) is 5.32 Å². The van der Waals surface area contributed by atoms with E-state index in [9.17, 15) is 9.59 Å². The molecule has 158 valence electrons. The van der Waals surface area contributed by atoms with E-state index in [1.165, 1.54) is 0 Å². The van der Waals surface area contributed by atoms with Crippen LogP contribution in [0.15, 0.2) is 42.5 Å². The zero-order chi connectivity index (χ0) is 21.1. The van der Waals surface area contributed by atoms with E-state index < -0.39 is 0 Å². The molecular formula is C23H27ClN4O2. The summed E-state index contributed by atoms with van der Waals surface area (Å²) < 4.78 is 0. The summed E-state index contributed by atoms with van der Waals surface area (Å²) >= 11 is 5.88. The highest BCUT2D eigenvalue weighted by Crippen LogP contribution is 2.30. The Labute approximate surface area is 182 Å². The molecule has 3 N–H and O–H groups in total. The van der Waals surface area contributed by atoms with E-state index in [4.69, 9.17) is 11.6 Å². The molecule has 30 heavy (non-hydrogen) atoms. The molecule has 0 radical (unpaired) electrons. The Morgan fingerprint density at radius 1 is 0.933 bits per heavy atom. The summed E-state index contributed by atoms with van der Waals surface area (Å²) in [5.74, 6) is 0.635. The van der Waals surface area contributed by atoms with Gasteiger partial charge in [-0.15, -0.1) is 0 Å². The van der Waals surface area contributed by atoms with Crippen molar-refractivity contribution in [3.8, 4) is 0 Å². The number of benzene rings is 2. The molecule has 1 saturated carbocycles. The van der Waals surface area contributed by atoms with E-state index in [2.05, 4.69) is 27.8 Å². The zero-order valence-electron chi connectivity index (χ0n) is 17.1. The monoisotopic (exact) mass is 426 g/mol. The molecule has 4 rings (SSSR count). The van der Waals surface area contributed by atoms with E-state index >= 15 is 0 Å². The maximum Gasteiger partial charge on any atom is 0.323 e. The predicted octanol–water partition coefficient (Wildman–Crippen LogP) is 5.11. The molecule has 0 atom stereocenters. The van der Waals surface area contributed by atoms with E-state index in [-0.39, 0.29) is 18.0 Å². The molecule has 2 aliphatic rings. The van der Waals surface area contributed by atoms with Gasteiger partial charge in [0.05, 0.1) is 5.56 Å². The van der Waals surface area contributed by atoms with Crippen molar-refractivity contribution in [2.75, 3.05) is 28.6 Å². The maximum absolute atomic E-state index is 12.9. The quantitative estimate of drug-likeness (QED) is 0.621. The molecule has 2 aromatic carbocycles. The molecule has 3 amide bonds. The van der Waals surface area contributed by atoms with Gasteiger partial charge < -0.3 is 20.9 Å². The van der Waals surface area contributed by atoms with E-state index in [0.29, 0.717) is 27.9 Å². The van der Waals surface area contributed by atoms with Crippen LogP contribution in [0.5, 0.6) is 0 Å². The van der Waals surface area contributed by atoms with Gasteiger partial charge in [-0.05, 0) is 74.1 Å². The van der Waals surface area contributed by atoms with Gasteiger partial charge in [0.15, 0.2) is 0 Å². The Morgan fingerprint density at radius 3 is 2.23 bits per heavy atom. The molecule has 2 fully saturated rings. The Kier molecular flexibility index (Phi) is 6.13. The van der Waals surface area contributed by atoms with Crippen LogP contribution in [0.1, 0.15) is 43.0 Å². The van der Waals surface area contributed by atoms with Crippen LogP contribution in [-0.4, -0.2) is 31.1 Å². The molecule has 0 unspecified atom stereocenters. The lowest BCUT2D eigenvalue weighted by Crippen LogP contribution is -2.35. The second-order valence-electron chi connectivity index (χ2n) is 8.24. The summed E-state index contributed by atoms with van der Waals surface area (Å²) in [7, 11) is 0. The molecule has 1 aliphatic heterocycles. The van der Waals surface area contributed by atoms with Crippen molar-refractivity contribution < 1.29 is 9.59 Å². The van der Waals surface area contributed by atoms with Crippen molar-refractivity contribution >= 4 is 40.6 Å². The van der Waals surface area contributed by atoms with Gasteiger partial charge in [0, 0.05) is 41.2 Å². The van der Waals surface area contributed by atoms with Crippen LogP contribution >= 0.6 is 11.6 Å². The van der Waals surface area contributed by atoms with Crippen LogP contribution in [-0.2, 0) is 0 Å². The molecular weight excluding hydrogens is 400 g/mol. The Hall–Kier alpha value is -2.73. The second kappa shape index (κ2) is 8.96. The number of nitrogens with zero attached hydrogens (tertiary/aromatic N) is 1. The van der Waals surface area contributed by atoms with E-state index in [1.807, 2.05) is 12.1 Å². The molecule has 0 spiro atoms. The number of hydrogen-bond donors (Lipinski definition) is 3. The normalized spacial score (nSPS) is 16.8. The van der Waals surface area contributed by atoms with Crippen LogP contribution in [0.25, 0.3) is 0 Å². The lowest BCUT2D eigenvalue weighted by atomic mass is 9.98. The summed E-state index contributed by atoms with van der Waals surface area (Å²) in [6.07, 6.45) is 4.30. The highest BCUT2D eigenvalue weighted by atomic mass is 35.5. The predicted molar refractivity (Wildman–Crippen MR) is 122 cm³/mol. The number of hydrogen-bond acceptors (Lipinski definition) is 3. The average molecular weight is 427 g/mol. The fourth-order valence-corrected chi connectivity index (χ4v) is 3.76. The van der Waals surface area contributed by atoms with Gasteiger partial charge in [-0.25, -0.2) is 4.79 Å². The molecule has 0 bridgehead atoms. The number of anilines is 3. The smallest absolute Gasteiger partial charge is 0.323 e. The molecule has 2 aromatic rings. The first-order chi connectivity index (χ1) is 14.5. The summed E-state index contributed by atoms with van der Waals surface area (Å²) in [6.45, 7) is 4.15. The highest BCUT2D eigenvalue weighted by molar-refractivity contribution is 6.30. The van der Waals surface area contributed by atoms with Crippen LogP contribution in [0.2, 0.25) is 5.02 Å². The largest absolute Gasteiger partial charge is 0.371 e. The number of rotatable bonds is 5. The number of carbonyl (C=O) groups is 2. The number of nitrogens with one attached hydrogen (secondary N) is 3. The summed E-state index contributed by atoms with van der Waals surface area (Å²) in [4.78, 5) is 27.6.